The van der Waals surface area contributed by atoms with Gasteiger partial charge in [-0.1, -0.05) is 18.2 Å². The molecule has 1 amide bonds. The summed E-state index contributed by atoms with van der Waals surface area (Å²) in [7, 11) is -0.375. The van der Waals surface area contributed by atoms with Crippen molar-refractivity contribution < 1.29 is 13.2 Å². The third-order valence-corrected chi connectivity index (χ3v) is 4.56. The van der Waals surface area contributed by atoms with Crippen molar-refractivity contribution in [1.82, 2.24) is 14.9 Å². The van der Waals surface area contributed by atoms with Crippen molar-refractivity contribution in [1.29, 1.82) is 0 Å². The fourth-order valence-electron chi connectivity index (χ4n) is 1.61. The summed E-state index contributed by atoms with van der Waals surface area (Å²) in [6, 6.07) is 8.07. The molecule has 2 N–H and O–H groups in total. The van der Waals surface area contributed by atoms with E-state index in [1.165, 1.54) is 19.2 Å². The quantitative estimate of drug-likeness (QED) is 0.664. The van der Waals surface area contributed by atoms with Crippen LogP contribution in [0.2, 0.25) is 0 Å². The molecule has 1 rings (SSSR count). The SMILES string of the molecule is CNCCCNC(=O)CN(C)S(=O)(=O)c1ccccc1. The Hall–Kier alpha value is -1.44. The van der Waals surface area contributed by atoms with Crippen molar-refractivity contribution in [3.8, 4) is 0 Å². The van der Waals surface area contributed by atoms with Gasteiger partial charge in [0.1, 0.15) is 0 Å². The first kappa shape index (κ1) is 16.6. The van der Waals surface area contributed by atoms with Crippen LogP contribution in [0.5, 0.6) is 0 Å². The van der Waals surface area contributed by atoms with Crippen molar-refractivity contribution in [2.45, 2.75) is 11.3 Å². The van der Waals surface area contributed by atoms with E-state index in [0.717, 1.165) is 17.3 Å². The van der Waals surface area contributed by atoms with E-state index in [2.05, 4.69) is 10.6 Å². The monoisotopic (exact) mass is 299 g/mol. The standard InChI is InChI=1S/C13H21N3O3S/c1-14-9-6-10-15-13(17)11-16(2)20(18,19)12-7-4-3-5-8-12/h3-5,7-8,14H,6,9-11H2,1-2H3,(H,15,17). The second-order valence-corrected chi connectivity index (χ2v) is 6.43. The normalized spacial score (nSPS) is 11.6. The number of carbonyl (C=O) groups excluding carboxylic acids is 1. The minimum absolute atomic E-state index is 0.184. The van der Waals surface area contributed by atoms with Gasteiger partial charge in [-0.3, -0.25) is 4.79 Å². The molecule has 20 heavy (non-hydrogen) atoms. The molecule has 0 bridgehead atoms. The van der Waals surface area contributed by atoms with Crippen LogP contribution >= 0.6 is 0 Å². The number of carbonyl (C=O) groups is 1. The van der Waals surface area contributed by atoms with Crippen molar-refractivity contribution >= 4 is 15.9 Å². The van der Waals surface area contributed by atoms with Gasteiger partial charge in [0, 0.05) is 13.6 Å². The number of hydrogen-bond donors (Lipinski definition) is 2. The molecule has 1 aromatic rings. The number of amides is 1. The molecule has 0 atom stereocenters. The van der Waals surface area contributed by atoms with Crippen LogP contribution < -0.4 is 10.6 Å². The highest BCUT2D eigenvalue weighted by atomic mass is 32.2. The Morgan fingerprint density at radius 3 is 2.45 bits per heavy atom. The summed E-state index contributed by atoms with van der Waals surface area (Å²) in [4.78, 5) is 11.8. The third-order valence-electron chi connectivity index (χ3n) is 2.74. The lowest BCUT2D eigenvalue weighted by Gasteiger charge is -2.16. The fraction of sp³-hybridized carbons (Fsp3) is 0.462. The molecule has 7 heteroatoms. The smallest absolute Gasteiger partial charge is 0.243 e. The molecule has 0 saturated heterocycles. The number of likely N-dealkylation sites (N-methyl/N-ethyl adjacent to an activating group) is 1. The summed E-state index contributed by atoms with van der Waals surface area (Å²) in [5.74, 6) is -0.303. The van der Waals surface area contributed by atoms with Gasteiger partial charge in [0.2, 0.25) is 15.9 Å². The number of rotatable bonds is 8. The number of benzene rings is 1. The summed E-state index contributed by atoms with van der Waals surface area (Å²) >= 11 is 0. The fourth-order valence-corrected chi connectivity index (χ4v) is 2.76. The summed E-state index contributed by atoms with van der Waals surface area (Å²) in [6.45, 7) is 1.15. The topological polar surface area (TPSA) is 78.5 Å². The van der Waals surface area contributed by atoms with Gasteiger partial charge in [0.15, 0.2) is 0 Å². The van der Waals surface area contributed by atoms with Crippen LogP contribution in [-0.2, 0) is 14.8 Å². The van der Waals surface area contributed by atoms with Gasteiger partial charge in [-0.15, -0.1) is 0 Å². The van der Waals surface area contributed by atoms with E-state index in [0.29, 0.717) is 6.54 Å². The van der Waals surface area contributed by atoms with Gasteiger partial charge in [0.05, 0.1) is 11.4 Å². The number of sulfonamides is 1. The second-order valence-electron chi connectivity index (χ2n) is 4.38. The summed E-state index contributed by atoms with van der Waals surface area (Å²) in [6.07, 6.45) is 0.803. The number of nitrogens with zero attached hydrogens (tertiary/aromatic N) is 1. The first-order valence-electron chi connectivity index (χ1n) is 6.41. The van der Waals surface area contributed by atoms with E-state index in [9.17, 15) is 13.2 Å². The average molecular weight is 299 g/mol. The van der Waals surface area contributed by atoms with Crippen LogP contribution in [0.4, 0.5) is 0 Å². The average Bonchev–Trinajstić information content (AvgIpc) is 2.44. The molecule has 0 saturated carbocycles. The van der Waals surface area contributed by atoms with Gasteiger partial charge < -0.3 is 10.6 Å². The molecule has 112 valence electrons. The lowest BCUT2D eigenvalue weighted by Crippen LogP contribution is -2.39. The predicted octanol–water partition coefficient (Wildman–Crippen LogP) is 0.0328. The van der Waals surface area contributed by atoms with E-state index in [1.807, 2.05) is 7.05 Å². The molecule has 0 spiro atoms. The molecule has 0 aliphatic heterocycles. The molecule has 0 fully saturated rings. The van der Waals surface area contributed by atoms with Crippen LogP contribution in [0.25, 0.3) is 0 Å². The summed E-state index contributed by atoms with van der Waals surface area (Å²) in [5, 5.41) is 5.66. The molecule has 1 aromatic carbocycles. The number of nitrogens with one attached hydrogen (secondary N) is 2. The zero-order valence-corrected chi connectivity index (χ0v) is 12.6. The molecular weight excluding hydrogens is 278 g/mol. The van der Waals surface area contributed by atoms with E-state index >= 15 is 0 Å². The van der Waals surface area contributed by atoms with E-state index in [4.69, 9.17) is 0 Å². The van der Waals surface area contributed by atoms with Crippen LogP contribution in [0.3, 0.4) is 0 Å². The van der Waals surface area contributed by atoms with Crippen molar-refractivity contribution in [2.24, 2.45) is 0 Å². The Bertz CT molecular complexity index is 517. The molecule has 0 aromatic heterocycles. The lowest BCUT2D eigenvalue weighted by atomic mass is 10.4. The minimum atomic E-state index is -3.61. The second kappa shape index (κ2) is 7.98. The first-order valence-corrected chi connectivity index (χ1v) is 7.85. The molecule has 0 heterocycles. The maximum absolute atomic E-state index is 12.2. The molecule has 6 nitrogen and oxygen atoms in total. The van der Waals surface area contributed by atoms with E-state index < -0.39 is 10.0 Å². The Labute approximate surface area is 120 Å². The Kier molecular flexibility index (Phi) is 6.63. The highest BCUT2D eigenvalue weighted by Crippen LogP contribution is 2.12. The van der Waals surface area contributed by atoms with E-state index in [1.54, 1.807) is 18.2 Å². The first-order chi connectivity index (χ1) is 9.48. The molecule has 0 aliphatic carbocycles. The Balaban J connectivity index is 2.53. The zero-order valence-electron chi connectivity index (χ0n) is 11.8. The van der Waals surface area contributed by atoms with Crippen LogP contribution in [0, 0.1) is 0 Å². The van der Waals surface area contributed by atoms with Crippen molar-refractivity contribution in [2.75, 3.05) is 33.7 Å². The number of hydrogen-bond acceptors (Lipinski definition) is 4. The molecule has 0 radical (unpaired) electrons. The Morgan fingerprint density at radius 2 is 1.85 bits per heavy atom. The minimum Gasteiger partial charge on any atom is -0.355 e. The molecule has 0 aliphatic rings. The largest absolute Gasteiger partial charge is 0.355 e. The van der Waals surface area contributed by atoms with Gasteiger partial charge in [-0.05, 0) is 32.1 Å². The lowest BCUT2D eigenvalue weighted by molar-refractivity contribution is -0.121. The Morgan fingerprint density at radius 1 is 1.20 bits per heavy atom. The van der Waals surface area contributed by atoms with Gasteiger partial charge in [-0.2, -0.15) is 4.31 Å². The summed E-state index contributed by atoms with van der Waals surface area (Å²) < 4.78 is 25.4. The van der Waals surface area contributed by atoms with E-state index in [-0.39, 0.29) is 17.3 Å². The molecule has 0 unspecified atom stereocenters. The van der Waals surface area contributed by atoms with Crippen LogP contribution in [-0.4, -0.2) is 52.4 Å². The predicted molar refractivity (Wildman–Crippen MR) is 77.8 cm³/mol. The third kappa shape index (κ3) is 4.92. The van der Waals surface area contributed by atoms with Crippen molar-refractivity contribution in [3.63, 3.8) is 0 Å². The van der Waals surface area contributed by atoms with Gasteiger partial charge in [0.25, 0.3) is 0 Å². The van der Waals surface area contributed by atoms with Crippen LogP contribution in [0.1, 0.15) is 6.42 Å². The maximum Gasteiger partial charge on any atom is 0.243 e. The van der Waals surface area contributed by atoms with Gasteiger partial charge >= 0.3 is 0 Å². The van der Waals surface area contributed by atoms with Crippen molar-refractivity contribution in [3.05, 3.63) is 30.3 Å². The van der Waals surface area contributed by atoms with Crippen LogP contribution in [0.15, 0.2) is 35.2 Å². The molecular formula is C13H21N3O3S. The van der Waals surface area contributed by atoms with Gasteiger partial charge in [-0.25, -0.2) is 8.42 Å². The zero-order chi connectivity index (χ0) is 15.0. The highest BCUT2D eigenvalue weighted by Gasteiger charge is 2.22. The summed E-state index contributed by atoms with van der Waals surface area (Å²) in [5.41, 5.74) is 0. The highest BCUT2D eigenvalue weighted by molar-refractivity contribution is 7.89. The maximum atomic E-state index is 12.2.